The van der Waals surface area contributed by atoms with Crippen LogP contribution >= 0.6 is 0 Å². The van der Waals surface area contributed by atoms with Crippen molar-refractivity contribution in [3.8, 4) is 0 Å². The SMILES string of the molecule is O=C(/C=N\O)N1CCCCc2ccccc21. The smallest absolute Gasteiger partial charge is 0.272 e. The normalized spacial score (nSPS) is 15.9. The molecule has 1 amide bonds. The van der Waals surface area contributed by atoms with Gasteiger partial charge in [-0.05, 0) is 30.9 Å². The minimum atomic E-state index is -0.267. The molecular weight excluding hydrogens is 204 g/mol. The van der Waals surface area contributed by atoms with Crippen LogP contribution in [0.2, 0.25) is 0 Å². The maximum Gasteiger partial charge on any atom is 0.272 e. The number of nitrogens with zero attached hydrogens (tertiary/aromatic N) is 2. The number of aryl methyl sites for hydroxylation is 1. The fourth-order valence-electron chi connectivity index (χ4n) is 2.04. The lowest BCUT2D eigenvalue weighted by molar-refractivity contribution is -0.112. The molecule has 0 fully saturated rings. The van der Waals surface area contributed by atoms with Gasteiger partial charge in [-0.1, -0.05) is 23.4 Å². The van der Waals surface area contributed by atoms with Crippen LogP contribution in [0.1, 0.15) is 18.4 Å². The van der Waals surface area contributed by atoms with Crippen LogP contribution < -0.4 is 4.90 Å². The van der Waals surface area contributed by atoms with Crippen molar-refractivity contribution in [2.24, 2.45) is 5.16 Å². The molecule has 1 aromatic carbocycles. The van der Waals surface area contributed by atoms with E-state index in [0.29, 0.717) is 6.54 Å². The molecule has 4 nitrogen and oxygen atoms in total. The Balaban J connectivity index is 2.36. The van der Waals surface area contributed by atoms with Gasteiger partial charge < -0.3 is 10.1 Å². The van der Waals surface area contributed by atoms with E-state index in [0.717, 1.165) is 31.2 Å². The lowest BCUT2D eigenvalue weighted by atomic mass is 10.1. The summed E-state index contributed by atoms with van der Waals surface area (Å²) in [5.41, 5.74) is 2.12. The lowest BCUT2D eigenvalue weighted by Crippen LogP contribution is -2.32. The number of para-hydroxylation sites is 1. The highest BCUT2D eigenvalue weighted by Crippen LogP contribution is 2.25. The standard InChI is InChI=1S/C12H14N2O2/c15-12(9-13-16)14-8-4-3-6-10-5-1-2-7-11(10)14/h1-2,5,7,9,16H,3-4,6,8H2/b13-9-. The third-order valence-corrected chi connectivity index (χ3v) is 2.79. The van der Waals surface area contributed by atoms with Crippen molar-refractivity contribution in [2.45, 2.75) is 19.3 Å². The van der Waals surface area contributed by atoms with Gasteiger partial charge in [0.05, 0.1) is 0 Å². The molecule has 0 saturated carbocycles. The Morgan fingerprint density at radius 3 is 3.00 bits per heavy atom. The number of benzene rings is 1. The van der Waals surface area contributed by atoms with Crippen LogP contribution in [-0.2, 0) is 11.2 Å². The van der Waals surface area contributed by atoms with E-state index in [1.807, 2.05) is 24.3 Å². The van der Waals surface area contributed by atoms with Gasteiger partial charge in [0, 0.05) is 12.2 Å². The zero-order chi connectivity index (χ0) is 11.4. The Morgan fingerprint density at radius 1 is 1.38 bits per heavy atom. The molecule has 0 radical (unpaired) electrons. The average molecular weight is 218 g/mol. The summed E-state index contributed by atoms with van der Waals surface area (Å²) in [5, 5.41) is 11.2. The van der Waals surface area contributed by atoms with E-state index in [1.54, 1.807) is 4.90 Å². The van der Waals surface area contributed by atoms with E-state index < -0.39 is 0 Å². The van der Waals surface area contributed by atoms with Crippen LogP contribution in [0.4, 0.5) is 5.69 Å². The first-order valence-corrected chi connectivity index (χ1v) is 5.40. The van der Waals surface area contributed by atoms with E-state index in [4.69, 9.17) is 5.21 Å². The van der Waals surface area contributed by atoms with E-state index in [1.165, 1.54) is 5.56 Å². The zero-order valence-corrected chi connectivity index (χ0v) is 8.97. The summed E-state index contributed by atoms with van der Waals surface area (Å²) in [4.78, 5) is 13.4. The topological polar surface area (TPSA) is 52.9 Å². The van der Waals surface area contributed by atoms with Crippen LogP contribution in [0, 0.1) is 0 Å². The van der Waals surface area contributed by atoms with Crippen molar-refractivity contribution in [3.05, 3.63) is 29.8 Å². The van der Waals surface area contributed by atoms with Gasteiger partial charge in [-0.2, -0.15) is 0 Å². The first kappa shape index (κ1) is 10.7. The minimum Gasteiger partial charge on any atom is -0.411 e. The Hall–Kier alpha value is -1.84. The number of fused-ring (bicyclic) bond motifs is 1. The molecule has 0 aromatic heterocycles. The molecule has 0 bridgehead atoms. The van der Waals surface area contributed by atoms with Crippen molar-refractivity contribution in [1.82, 2.24) is 0 Å². The van der Waals surface area contributed by atoms with Crippen molar-refractivity contribution in [3.63, 3.8) is 0 Å². The molecule has 1 heterocycles. The molecule has 0 spiro atoms. The van der Waals surface area contributed by atoms with Crippen molar-refractivity contribution in [2.75, 3.05) is 11.4 Å². The quantitative estimate of drug-likeness (QED) is 0.444. The Morgan fingerprint density at radius 2 is 2.19 bits per heavy atom. The number of hydrogen-bond donors (Lipinski definition) is 1. The Labute approximate surface area is 94.2 Å². The highest BCUT2D eigenvalue weighted by atomic mass is 16.4. The molecule has 1 N–H and O–H groups in total. The predicted octanol–water partition coefficient (Wildman–Crippen LogP) is 1.82. The third kappa shape index (κ3) is 2.05. The summed E-state index contributed by atoms with van der Waals surface area (Å²) in [5.74, 6) is -0.267. The molecule has 0 atom stereocenters. The van der Waals surface area contributed by atoms with Crippen LogP contribution in [0.3, 0.4) is 0 Å². The van der Waals surface area contributed by atoms with Gasteiger partial charge in [0.1, 0.15) is 6.21 Å². The van der Waals surface area contributed by atoms with Gasteiger partial charge >= 0.3 is 0 Å². The first-order valence-electron chi connectivity index (χ1n) is 5.40. The maximum atomic E-state index is 11.7. The fourth-order valence-corrected chi connectivity index (χ4v) is 2.04. The van der Waals surface area contributed by atoms with Gasteiger partial charge in [-0.25, -0.2) is 0 Å². The van der Waals surface area contributed by atoms with E-state index in [9.17, 15) is 4.79 Å². The minimum absolute atomic E-state index is 0.267. The van der Waals surface area contributed by atoms with E-state index in [-0.39, 0.29) is 5.91 Å². The lowest BCUT2D eigenvalue weighted by Gasteiger charge is -2.20. The molecule has 0 aliphatic carbocycles. The molecule has 1 aliphatic rings. The number of hydrogen-bond acceptors (Lipinski definition) is 3. The number of oxime groups is 1. The zero-order valence-electron chi connectivity index (χ0n) is 8.97. The summed E-state index contributed by atoms with van der Waals surface area (Å²) in [6, 6.07) is 7.87. The van der Waals surface area contributed by atoms with Crippen molar-refractivity contribution < 1.29 is 10.0 Å². The van der Waals surface area contributed by atoms with E-state index >= 15 is 0 Å². The van der Waals surface area contributed by atoms with Crippen molar-refractivity contribution in [1.29, 1.82) is 0 Å². The molecule has 84 valence electrons. The molecule has 16 heavy (non-hydrogen) atoms. The fraction of sp³-hybridized carbons (Fsp3) is 0.333. The summed E-state index contributed by atoms with van der Waals surface area (Å²) < 4.78 is 0. The molecule has 0 saturated heterocycles. The molecule has 1 aromatic rings. The highest BCUT2D eigenvalue weighted by molar-refractivity contribution is 6.32. The second kappa shape index (κ2) is 4.79. The first-order chi connectivity index (χ1) is 7.83. The second-order valence-electron chi connectivity index (χ2n) is 3.82. The van der Waals surface area contributed by atoms with Gasteiger partial charge in [0.2, 0.25) is 0 Å². The average Bonchev–Trinajstić information content (AvgIpc) is 2.51. The third-order valence-electron chi connectivity index (χ3n) is 2.79. The molecule has 4 heteroatoms. The van der Waals surface area contributed by atoms with Crippen LogP contribution in [0.25, 0.3) is 0 Å². The molecular formula is C12H14N2O2. The summed E-state index contributed by atoms with van der Waals surface area (Å²) in [7, 11) is 0. The summed E-state index contributed by atoms with van der Waals surface area (Å²) in [6.45, 7) is 0.682. The molecule has 2 rings (SSSR count). The van der Waals surface area contributed by atoms with Gasteiger partial charge in [-0.3, -0.25) is 4.79 Å². The Kier molecular flexibility index (Phi) is 3.19. The molecule has 1 aliphatic heterocycles. The van der Waals surface area contributed by atoms with Crippen LogP contribution in [0.15, 0.2) is 29.4 Å². The maximum absolute atomic E-state index is 11.7. The van der Waals surface area contributed by atoms with Crippen molar-refractivity contribution >= 4 is 17.8 Å². The number of amides is 1. The monoisotopic (exact) mass is 218 g/mol. The van der Waals surface area contributed by atoms with Gasteiger partial charge in [-0.15, -0.1) is 0 Å². The van der Waals surface area contributed by atoms with Crippen LogP contribution in [-0.4, -0.2) is 23.9 Å². The number of carbonyl (C=O) groups is 1. The predicted molar refractivity (Wildman–Crippen MR) is 62.0 cm³/mol. The highest BCUT2D eigenvalue weighted by Gasteiger charge is 2.19. The van der Waals surface area contributed by atoms with Crippen LogP contribution in [0.5, 0.6) is 0 Å². The Bertz CT molecular complexity index is 415. The summed E-state index contributed by atoms with van der Waals surface area (Å²) in [6.07, 6.45) is 4.00. The number of anilines is 1. The number of rotatable bonds is 1. The number of carbonyl (C=O) groups excluding carboxylic acids is 1. The van der Waals surface area contributed by atoms with Gasteiger partial charge in [0.25, 0.3) is 5.91 Å². The van der Waals surface area contributed by atoms with Gasteiger partial charge in [0.15, 0.2) is 0 Å². The molecule has 0 unspecified atom stereocenters. The van der Waals surface area contributed by atoms with E-state index in [2.05, 4.69) is 5.16 Å². The second-order valence-corrected chi connectivity index (χ2v) is 3.82. The summed E-state index contributed by atoms with van der Waals surface area (Å²) >= 11 is 0. The largest absolute Gasteiger partial charge is 0.411 e.